The van der Waals surface area contributed by atoms with Gasteiger partial charge in [-0.15, -0.1) is 0 Å². The van der Waals surface area contributed by atoms with Crippen LogP contribution in [0.1, 0.15) is 26.3 Å². The molecule has 6 aromatic rings. The molecule has 1 aromatic heterocycles. The first-order valence-corrected chi connectivity index (χ1v) is 16.4. The summed E-state index contributed by atoms with van der Waals surface area (Å²) in [6.45, 7) is 6.59. The molecule has 0 aliphatic carbocycles. The fourth-order valence-corrected chi connectivity index (χ4v) is 6.02. The lowest BCUT2D eigenvalue weighted by molar-refractivity contribution is 0.285. The second-order valence-electron chi connectivity index (χ2n) is 11.9. The summed E-state index contributed by atoms with van der Waals surface area (Å²) in [5.41, 5.74) is 3.39. The second-order valence-corrected chi connectivity index (χ2v) is 14.2. The quantitative estimate of drug-likeness (QED) is 0.136. The summed E-state index contributed by atoms with van der Waals surface area (Å²) < 4.78 is 35.4. The van der Waals surface area contributed by atoms with Gasteiger partial charge in [0.25, 0.3) is 0 Å². The van der Waals surface area contributed by atoms with E-state index in [1.165, 1.54) is 6.33 Å². The molecule has 9 heteroatoms. The van der Waals surface area contributed by atoms with Crippen LogP contribution in [0.25, 0.3) is 22.0 Å². The average molecular weight is 662 g/mol. The summed E-state index contributed by atoms with van der Waals surface area (Å²) in [4.78, 5) is 11.0. The number of aromatic nitrogens is 2. The molecule has 236 valence electrons. The van der Waals surface area contributed by atoms with Crippen molar-refractivity contribution in [3.63, 3.8) is 0 Å². The van der Waals surface area contributed by atoms with Gasteiger partial charge in [0.05, 0.1) is 23.3 Å². The molecule has 0 N–H and O–H groups in total. The Labute approximate surface area is 281 Å². The van der Waals surface area contributed by atoms with E-state index in [4.69, 9.17) is 30.5 Å². The van der Waals surface area contributed by atoms with Gasteiger partial charge < -0.3 is 13.9 Å². The van der Waals surface area contributed by atoms with Crippen molar-refractivity contribution in [1.82, 2.24) is 9.97 Å². The molecule has 0 saturated heterocycles. The number of nitrogens with zero attached hydrogens (tertiary/aromatic N) is 3. The van der Waals surface area contributed by atoms with Crippen molar-refractivity contribution >= 4 is 49.5 Å². The Morgan fingerprint density at radius 3 is 2.13 bits per heavy atom. The molecule has 0 amide bonds. The van der Waals surface area contributed by atoms with Crippen molar-refractivity contribution in [2.24, 2.45) is 0 Å². The zero-order valence-corrected chi connectivity index (χ0v) is 28.3. The molecule has 6 rings (SSSR count). The molecule has 0 spiro atoms. The van der Waals surface area contributed by atoms with Gasteiger partial charge in [-0.05, 0) is 34.4 Å². The molecular formula is C38H33ClFN3O3Si. The van der Waals surface area contributed by atoms with Crippen LogP contribution in [0.2, 0.25) is 10.1 Å². The highest BCUT2D eigenvalue weighted by atomic mass is 35.5. The predicted molar refractivity (Wildman–Crippen MR) is 188 cm³/mol. The third kappa shape index (κ3) is 7.09. The average Bonchev–Trinajstić information content (AvgIpc) is 3.08. The van der Waals surface area contributed by atoms with Gasteiger partial charge in [-0.2, -0.15) is 0 Å². The maximum Gasteiger partial charge on any atom is 0.316 e. The number of anilines is 3. The van der Waals surface area contributed by atoms with Crippen molar-refractivity contribution in [1.29, 1.82) is 0 Å². The number of benzene rings is 5. The van der Waals surface area contributed by atoms with Crippen LogP contribution in [0, 0.1) is 5.82 Å². The van der Waals surface area contributed by atoms with Crippen LogP contribution >= 0.6 is 11.6 Å². The lowest BCUT2D eigenvalue weighted by Gasteiger charge is -2.28. The Balaban J connectivity index is 1.55. The van der Waals surface area contributed by atoms with Gasteiger partial charge in [0.1, 0.15) is 24.5 Å². The van der Waals surface area contributed by atoms with E-state index in [1.54, 1.807) is 18.1 Å². The van der Waals surface area contributed by atoms with Gasteiger partial charge in [0.2, 0.25) is 0 Å². The van der Waals surface area contributed by atoms with E-state index in [9.17, 15) is 0 Å². The number of rotatable bonds is 10. The number of ether oxygens (including phenoxy) is 2. The van der Waals surface area contributed by atoms with Crippen molar-refractivity contribution in [3.05, 3.63) is 132 Å². The van der Waals surface area contributed by atoms with Gasteiger partial charge in [-0.3, -0.25) is 4.90 Å². The van der Waals surface area contributed by atoms with Crippen LogP contribution in [-0.2, 0) is 6.61 Å². The van der Waals surface area contributed by atoms with E-state index in [1.807, 2.05) is 103 Å². The second kappa shape index (κ2) is 13.8. The Hall–Kier alpha value is -4.92. The highest BCUT2D eigenvalue weighted by Gasteiger charge is 2.28. The van der Waals surface area contributed by atoms with E-state index in [2.05, 4.69) is 25.8 Å². The van der Waals surface area contributed by atoms with E-state index in [0.717, 1.165) is 5.56 Å². The molecule has 47 heavy (non-hydrogen) atoms. The number of hydrogen-bond donors (Lipinski definition) is 0. The van der Waals surface area contributed by atoms with Crippen LogP contribution in [0.3, 0.4) is 0 Å². The zero-order valence-electron chi connectivity index (χ0n) is 26.5. The standard InChI is InChI=1S/C38H33ClFN3O3Si/c1-38(2,3)47-46-33-22-30(36(40)34(35(33)39)26-16-10-6-11-17-26)43(27-18-12-7-13-19-27)37-28-20-31(44-4)32(21-29(28)41-24-42-37)45-23-25-14-8-5-9-15-25/h5-22,24H,23H2,1-4H3. The Morgan fingerprint density at radius 2 is 1.47 bits per heavy atom. The van der Waals surface area contributed by atoms with Crippen LogP contribution in [0.15, 0.2) is 116 Å². The maximum absolute atomic E-state index is 17.1. The first kappa shape index (κ1) is 32.0. The summed E-state index contributed by atoms with van der Waals surface area (Å²) in [6, 6.07) is 33.9. The van der Waals surface area contributed by atoms with Gasteiger partial charge >= 0.3 is 9.76 Å². The molecule has 0 aliphatic rings. The molecule has 0 aliphatic heterocycles. The third-order valence-corrected chi connectivity index (χ3v) is 8.59. The van der Waals surface area contributed by atoms with Gasteiger partial charge in [-0.25, -0.2) is 14.4 Å². The smallest absolute Gasteiger partial charge is 0.316 e. The van der Waals surface area contributed by atoms with Gasteiger partial charge in [-0.1, -0.05) is 111 Å². The van der Waals surface area contributed by atoms with E-state index in [0.29, 0.717) is 51.8 Å². The number of para-hydroxylation sites is 1. The monoisotopic (exact) mass is 661 g/mol. The Bertz CT molecular complexity index is 1990. The molecular weight excluding hydrogens is 629 g/mol. The molecule has 0 atom stereocenters. The fraction of sp³-hybridized carbons (Fsp3) is 0.158. The highest BCUT2D eigenvalue weighted by Crippen LogP contribution is 2.48. The summed E-state index contributed by atoms with van der Waals surface area (Å²) in [6.07, 6.45) is 1.46. The minimum Gasteiger partial charge on any atom is -0.539 e. The van der Waals surface area contributed by atoms with E-state index < -0.39 is 5.82 Å². The lowest BCUT2D eigenvalue weighted by atomic mass is 10.0. The maximum atomic E-state index is 17.1. The molecule has 6 nitrogen and oxygen atoms in total. The molecule has 1 heterocycles. The van der Waals surface area contributed by atoms with Crippen LogP contribution in [0.4, 0.5) is 21.6 Å². The molecule has 2 radical (unpaired) electrons. The number of fused-ring (bicyclic) bond motifs is 1. The van der Waals surface area contributed by atoms with E-state index in [-0.39, 0.29) is 31.1 Å². The van der Waals surface area contributed by atoms with Crippen LogP contribution < -0.4 is 18.8 Å². The topological polar surface area (TPSA) is 56.7 Å². The predicted octanol–water partition coefficient (Wildman–Crippen LogP) is 10.4. The minimum absolute atomic E-state index is 0.0780. The molecule has 0 unspecified atom stereocenters. The summed E-state index contributed by atoms with van der Waals surface area (Å²) in [7, 11) is 1.66. The molecule has 0 saturated carbocycles. The minimum atomic E-state index is -0.516. The summed E-state index contributed by atoms with van der Waals surface area (Å²) in [5.74, 6) is 1.33. The Morgan fingerprint density at radius 1 is 0.809 bits per heavy atom. The zero-order chi connectivity index (χ0) is 33.0. The van der Waals surface area contributed by atoms with Gasteiger partial charge in [0.15, 0.2) is 17.3 Å². The largest absolute Gasteiger partial charge is 0.539 e. The Kier molecular flexibility index (Phi) is 9.42. The van der Waals surface area contributed by atoms with Crippen LogP contribution in [0.5, 0.6) is 17.2 Å². The van der Waals surface area contributed by atoms with E-state index >= 15 is 4.39 Å². The number of methoxy groups -OCH3 is 1. The van der Waals surface area contributed by atoms with Crippen molar-refractivity contribution in [2.75, 3.05) is 12.0 Å². The van der Waals surface area contributed by atoms with Crippen molar-refractivity contribution < 1.29 is 18.3 Å². The summed E-state index contributed by atoms with van der Waals surface area (Å²) in [5, 5.41) is 0.704. The first-order valence-electron chi connectivity index (χ1n) is 15.1. The SMILES string of the molecule is COc1cc2c(N(c3ccccc3)c3cc(O[Si]C(C)(C)C)c(Cl)c(-c4ccccc4)c3F)ncnc2cc1OCc1ccccc1. The van der Waals surface area contributed by atoms with Crippen molar-refractivity contribution in [2.45, 2.75) is 32.4 Å². The molecule has 0 fully saturated rings. The number of hydrogen-bond acceptors (Lipinski definition) is 6. The fourth-order valence-electron chi connectivity index (χ4n) is 5.09. The molecule has 5 aromatic carbocycles. The van der Waals surface area contributed by atoms with Gasteiger partial charge in [0, 0.05) is 28.8 Å². The summed E-state index contributed by atoms with van der Waals surface area (Å²) >= 11 is 6.94. The van der Waals surface area contributed by atoms with Crippen molar-refractivity contribution in [3.8, 4) is 28.4 Å². The normalized spacial score (nSPS) is 11.4. The highest BCUT2D eigenvalue weighted by molar-refractivity contribution is 6.37. The lowest BCUT2D eigenvalue weighted by Crippen LogP contribution is -2.18. The first-order chi connectivity index (χ1) is 22.7. The van der Waals surface area contributed by atoms with Crippen LogP contribution in [-0.4, -0.2) is 26.8 Å². The molecule has 0 bridgehead atoms. The number of halogens is 2. The third-order valence-electron chi connectivity index (χ3n) is 7.28.